The van der Waals surface area contributed by atoms with Crippen LogP contribution in [0.3, 0.4) is 0 Å². The fourth-order valence-electron chi connectivity index (χ4n) is 2.44. The third-order valence-corrected chi connectivity index (χ3v) is 3.47. The minimum absolute atomic E-state index is 0.383. The summed E-state index contributed by atoms with van der Waals surface area (Å²) in [5, 5.41) is 0. The van der Waals surface area contributed by atoms with Crippen LogP contribution < -0.4 is 0 Å². The first kappa shape index (κ1) is 13.0. The van der Waals surface area contributed by atoms with Crippen LogP contribution in [0.15, 0.2) is 65.7 Å². The highest BCUT2D eigenvalue weighted by atomic mass is 19.1. The summed E-state index contributed by atoms with van der Waals surface area (Å²) < 4.78 is 19.2. The third-order valence-electron chi connectivity index (χ3n) is 3.47. The van der Waals surface area contributed by atoms with Gasteiger partial charge in [-0.25, -0.2) is 9.38 Å². The number of halogens is 1. The average molecular weight is 269 g/mol. The molecule has 0 unspecified atom stereocenters. The Morgan fingerprint density at radius 1 is 1.00 bits per heavy atom. The number of alkyl halides is 1. The number of benzene rings is 2. The van der Waals surface area contributed by atoms with E-state index in [1.165, 1.54) is 0 Å². The Labute approximate surface area is 117 Å². The van der Waals surface area contributed by atoms with E-state index in [4.69, 9.17) is 4.74 Å². The fourth-order valence-corrected chi connectivity index (χ4v) is 2.44. The largest absolute Gasteiger partial charge is 0.341 e. The van der Waals surface area contributed by atoms with Crippen LogP contribution in [0.2, 0.25) is 0 Å². The molecule has 0 amide bonds. The number of hydrogen-bond acceptors (Lipinski definition) is 2. The first-order valence-electron chi connectivity index (χ1n) is 6.69. The third kappa shape index (κ3) is 2.49. The molecular weight excluding hydrogens is 253 g/mol. The number of hydrogen-bond donors (Lipinski definition) is 0. The maximum Gasteiger partial charge on any atom is 0.213 e. The Kier molecular flexibility index (Phi) is 3.61. The van der Waals surface area contributed by atoms with Crippen LogP contribution in [0, 0.1) is 0 Å². The highest BCUT2D eigenvalue weighted by Crippen LogP contribution is 2.32. The molecule has 1 heterocycles. The number of nitrogens with zero attached hydrogens (tertiary/aromatic N) is 1. The summed E-state index contributed by atoms with van der Waals surface area (Å²) in [6.07, 6.45) is 0.704. The SMILES string of the molecule is FC[C@@]1(c2ccccc2)N=C(Cc2ccccc2)CO1. The van der Waals surface area contributed by atoms with Gasteiger partial charge in [0.05, 0.1) is 6.61 Å². The van der Waals surface area contributed by atoms with Crippen molar-refractivity contribution in [2.24, 2.45) is 4.99 Å². The van der Waals surface area contributed by atoms with E-state index in [2.05, 4.69) is 4.99 Å². The molecule has 2 nitrogen and oxygen atoms in total. The lowest BCUT2D eigenvalue weighted by Crippen LogP contribution is -2.26. The molecule has 1 aliphatic heterocycles. The predicted molar refractivity (Wildman–Crippen MR) is 77.6 cm³/mol. The van der Waals surface area contributed by atoms with E-state index in [9.17, 15) is 4.39 Å². The number of aliphatic imine (C=N–C) groups is 1. The van der Waals surface area contributed by atoms with Gasteiger partial charge in [-0.15, -0.1) is 0 Å². The molecule has 0 saturated carbocycles. The van der Waals surface area contributed by atoms with Crippen molar-refractivity contribution in [3.63, 3.8) is 0 Å². The molecule has 102 valence electrons. The second-order valence-electron chi connectivity index (χ2n) is 4.91. The molecule has 0 bridgehead atoms. The molecule has 0 aromatic heterocycles. The van der Waals surface area contributed by atoms with Gasteiger partial charge in [0.2, 0.25) is 5.72 Å². The molecule has 1 atom stereocenters. The second kappa shape index (κ2) is 5.55. The molecule has 0 aliphatic carbocycles. The number of ether oxygens (including phenoxy) is 1. The minimum Gasteiger partial charge on any atom is -0.341 e. The van der Waals surface area contributed by atoms with Gasteiger partial charge in [-0.3, -0.25) is 0 Å². The summed E-state index contributed by atoms with van der Waals surface area (Å²) in [4.78, 5) is 4.52. The van der Waals surface area contributed by atoms with Crippen LogP contribution >= 0.6 is 0 Å². The van der Waals surface area contributed by atoms with E-state index in [0.29, 0.717) is 13.0 Å². The van der Waals surface area contributed by atoms with Crippen molar-refractivity contribution in [2.75, 3.05) is 13.3 Å². The smallest absolute Gasteiger partial charge is 0.213 e. The molecule has 0 fully saturated rings. The van der Waals surface area contributed by atoms with Gasteiger partial charge in [0.25, 0.3) is 0 Å². The van der Waals surface area contributed by atoms with Gasteiger partial charge in [-0.05, 0) is 5.56 Å². The molecule has 0 saturated heterocycles. The Hall–Kier alpha value is -2.00. The summed E-state index contributed by atoms with van der Waals surface area (Å²) in [5.74, 6) is 0. The van der Waals surface area contributed by atoms with E-state index in [1.54, 1.807) is 0 Å². The van der Waals surface area contributed by atoms with Gasteiger partial charge < -0.3 is 4.74 Å². The van der Waals surface area contributed by atoms with Crippen LogP contribution in [0.25, 0.3) is 0 Å². The van der Waals surface area contributed by atoms with Gasteiger partial charge in [0.1, 0.15) is 6.67 Å². The lowest BCUT2D eigenvalue weighted by Gasteiger charge is -2.22. The standard InChI is InChI=1S/C17H16FNO/c18-13-17(15-9-5-2-6-10-15)19-16(12-20-17)11-14-7-3-1-4-8-14/h1-10H,11-13H2/t17-/m1/s1. The monoisotopic (exact) mass is 269 g/mol. The molecule has 0 radical (unpaired) electrons. The molecule has 2 aromatic carbocycles. The van der Waals surface area contributed by atoms with E-state index in [0.717, 1.165) is 16.8 Å². The molecule has 2 aromatic rings. The molecular formula is C17H16FNO. The summed E-state index contributed by atoms with van der Waals surface area (Å²) >= 11 is 0. The minimum atomic E-state index is -1.15. The summed E-state index contributed by atoms with van der Waals surface area (Å²) in [7, 11) is 0. The summed E-state index contributed by atoms with van der Waals surface area (Å²) in [6.45, 7) is -0.261. The fraction of sp³-hybridized carbons (Fsp3) is 0.235. The van der Waals surface area contributed by atoms with E-state index < -0.39 is 12.4 Å². The lowest BCUT2D eigenvalue weighted by molar-refractivity contribution is -0.0237. The summed E-state index contributed by atoms with van der Waals surface area (Å²) in [6, 6.07) is 19.4. The zero-order valence-electron chi connectivity index (χ0n) is 11.1. The quantitative estimate of drug-likeness (QED) is 0.832. The molecule has 0 N–H and O–H groups in total. The highest BCUT2D eigenvalue weighted by molar-refractivity contribution is 5.89. The Balaban J connectivity index is 1.85. The Morgan fingerprint density at radius 2 is 1.65 bits per heavy atom. The maximum absolute atomic E-state index is 13.5. The van der Waals surface area contributed by atoms with Crippen molar-refractivity contribution in [3.05, 3.63) is 71.8 Å². The van der Waals surface area contributed by atoms with E-state index in [1.807, 2.05) is 60.7 Å². The van der Waals surface area contributed by atoms with Gasteiger partial charge in [-0.1, -0.05) is 60.7 Å². The second-order valence-corrected chi connectivity index (χ2v) is 4.91. The van der Waals surface area contributed by atoms with Crippen LogP contribution in [-0.2, 0) is 16.9 Å². The van der Waals surface area contributed by atoms with Crippen molar-refractivity contribution >= 4 is 5.71 Å². The van der Waals surface area contributed by atoms with E-state index >= 15 is 0 Å². The number of rotatable bonds is 4. The Morgan fingerprint density at radius 3 is 2.30 bits per heavy atom. The van der Waals surface area contributed by atoms with Crippen molar-refractivity contribution < 1.29 is 9.13 Å². The van der Waals surface area contributed by atoms with Crippen LogP contribution in [-0.4, -0.2) is 19.0 Å². The van der Waals surface area contributed by atoms with Crippen molar-refractivity contribution in [1.82, 2.24) is 0 Å². The van der Waals surface area contributed by atoms with Gasteiger partial charge >= 0.3 is 0 Å². The topological polar surface area (TPSA) is 21.6 Å². The van der Waals surface area contributed by atoms with Crippen LogP contribution in [0.5, 0.6) is 0 Å². The van der Waals surface area contributed by atoms with Crippen LogP contribution in [0.1, 0.15) is 11.1 Å². The first-order valence-corrected chi connectivity index (χ1v) is 6.69. The Bertz CT molecular complexity index is 597. The molecule has 3 heteroatoms. The predicted octanol–water partition coefficient (Wildman–Crippen LogP) is 3.52. The normalized spacial score (nSPS) is 21.8. The molecule has 20 heavy (non-hydrogen) atoms. The molecule has 1 aliphatic rings. The lowest BCUT2D eigenvalue weighted by atomic mass is 10.0. The average Bonchev–Trinajstić information content (AvgIpc) is 2.94. The zero-order chi connectivity index (χ0) is 13.8. The molecule has 3 rings (SSSR count). The van der Waals surface area contributed by atoms with E-state index in [-0.39, 0.29) is 0 Å². The summed E-state index contributed by atoms with van der Waals surface area (Å²) in [5.41, 5.74) is 1.67. The highest BCUT2D eigenvalue weighted by Gasteiger charge is 2.38. The zero-order valence-corrected chi connectivity index (χ0v) is 11.1. The van der Waals surface area contributed by atoms with Gasteiger partial charge in [0.15, 0.2) is 0 Å². The van der Waals surface area contributed by atoms with Crippen molar-refractivity contribution in [1.29, 1.82) is 0 Å². The van der Waals surface area contributed by atoms with Crippen molar-refractivity contribution in [3.8, 4) is 0 Å². The van der Waals surface area contributed by atoms with Crippen molar-refractivity contribution in [2.45, 2.75) is 12.1 Å². The van der Waals surface area contributed by atoms with Gasteiger partial charge in [-0.2, -0.15) is 0 Å². The maximum atomic E-state index is 13.5. The van der Waals surface area contributed by atoms with Gasteiger partial charge in [0, 0.05) is 17.7 Å². The molecule has 0 spiro atoms. The van der Waals surface area contributed by atoms with Crippen LogP contribution in [0.4, 0.5) is 4.39 Å². The first-order chi connectivity index (χ1) is 9.82.